The Labute approximate surface area is 113 Å². The molecule has 0 saturated heterocycles. The van der Waals surface area contributed by atoms with Crippen LogP contribution in [-0.4, -0.2) is 24.5 Å². The fraction of sp³-hybridized carbons (Fsp3) is 0.467. The minimum absolute atomic E-state index is 0.00422. The van der Waals surface area contributed by atoms with Gasteiger partial charge in [0.1, 0.15) is 0 Å². The molecule has 0 radical (unpaired) electrons. The molecule has 0 bridgehead atoms. The topological polar surface area (TPSA) is 55.4 Å². The smallest absolute Gasteiger partial charge is 0.310 e. The standard InChI is InChI=1S/C15H19NO3/c1-3-19-15(18)7-11-4-5-12-8-14(16-10(2)17)9-13(12)6-11/h4-6,14H,3,7-9H2,1-2H3,(H,16,17). The molecular weight excluding hydrogens is 242 g/mol. The van der Waals surface area contributed by atoms with Crippen LogP contribution in [0.3, 0.4) is 0 Å². The van der Waals surface area contributed by atoms with Crippen molar-refractivity contribution in [3.05, 3.63) is 34.9 Å². The summed E-state index contributed by atoms with van der Waals surface area (Å²) in [5.41, 5.74) is 3.45. The zero-order valence-electron chi connectivity index (χ0n) is 11.4. The number of ether oxygens (including phenoxy) is 1. The summed E-state index contributed by atoms with van der Waals surface area (Å²) in [7, 11) is 0. The van der Waals surface area contributed by atoms with E-state index in [-0.39, 0.29) is 17.9 Å². The summed E-state index contributed by atoms with van der Waals surface area (Å²) in [6.45, 7) is 3.75. The maximum absolute atomic E-state index is 11.4. The Morgan fingerprint density at radius 2 is 2.05 bits per heavy atom. The zero-order chi connectivity index (χ0) is 13.8. The van der Waals surface area contributed by atoms with Crippen molar-refractivity contribution >= 4 is 11.9 Å². The summed E-state index contributed by atoms with van der Waals surface area (Å²) in [6.07, 6.45) is 2.02. The Morgan fingerprint density at radius 1 is 1.32 bits per heavy atom. The quantitative estimate of drug-likeness (QED) is 0.833. The van der Waals surface area contributed by atoms with Crippen LogP contribution < -0.4 is 5.32 Å². The summed E-state index contributed by atoms with van der Waals surface area (Å²) in [4.78, 5) is 22.5. The van der Waals surface area contributed by atoms with E-state index < -0.39 is 0 Å². The fourth-order valence-corrected chi connectivity index (χ4v) is 2.55. The molecule has 0 fully saturated rings. The lowest BCUT2D eigenvalue weighted by Gasteiger charge is -2.08. The van der Waals surface area contributed by atoms with Crippen LogP contribution in [0, 0.1) is 0 Å². The molecule has 1 aromatic carbocycles. The van der Waals surface area contributed by atoms with Crippen molar-refractivity contribution in [2.75, 3.05) is 6.61 Å². The Morgan fingerprint density at radius 3 is 2.74 bits per heavy atom. The maximum atomic E-state index is 11.4. The van der Waals surface area contributed by atoms with Gasteiger partial charge < -0.3 is 10.1 Å². The van der Waals surface area contributed by atoms with Crippen molar-refractivity contribution in [3.8, 4) is 0 Å². The van der Waals surface area contributed by atoms with Gasteiger partial charge in [-0.05, 0) is 36.5 Å². The highest BCUT2D eigenvalue weighted by atomic mass is 16.5. The average molecular weight is 261 g/mol. The van der Waals surface area contributed by atoms with Crippen LogP contribution in [0.15, 0.2) is 18.2 Å². The van der Waals surface area contributed by atoms with E-state index in [1.54, 1.807) is 6.92 Å². The molecule has 0 saturated carbocycles. The summed E-state index contributed by atoms with van der Waals surface area (Å²) < 4.78 is 4.94. The number of amides is 1. The lowest BCUT2D eigenvalue weighted by molar-refractivity contribution is -0.142. The van der Waals surface area contributed by atoms with E-state index in [1.807, 2.05) is 18.2 Å². The van der Waals surface area contributed by atoms with Gasteiger partial charge in [-0.15, -0.1) is 0 Å². The number of hydrogen-bond donors (Lipinski definition) is 1. The van der Waals surface area contributed by atoms with E-state index in [9.17, 15) is 9.59 Å². The first-order valence-electron chi connectivity index (χ1n) is 6.62. The molecule has 0 aliphatic heterocycles. The minimum atomic E-state index is -0.196. The van der Waals surface area contributed by atoms with Crippen molar-refractivity contribution < 1.29 is 14.3 Å². The molecule has 1 amide bonds. The molecule has 4 heteroatoms. The largest absolute Gasteiger partial charge is 0.466 e. The first-order chi connectivity index (χ1) is 9.08. The SMILES string of the molecule is CCOC(=O)Cc1ccc2c(c1)CC(NC(C)=O)C2. The predicted molar refractivity (Wildman–Crippen MR) is 71.8 cm³/mol. The Bertz CT molecular complexity index is 496. The second kappa shape index (κ2) is 5.87. The predicted octanol–water partition coefficient (Wildman–Crippen LogP) is 1.40. The van der Waals surface area contributed by atoms with Crippen LogP contribution in [0.5, 0.6) is 0 Å². The van der Waals surface area contributed by atoms with E-state index in [0.29, 0.717) is 13.0 Å². The summed E-state index contributed by atoms with van der Waals surface area (Å²) >= 11 is 0. The lowest BCUT2D eigenvalue weighted by Crippen LogP contribution is -2.33. The molecule has 0 heterocycles. The van der Waals surface area contributed by atoms with Crippen LogP contribution in [0.1, 0.15) is 30.5 Å². The molecule has 19 heavy (non-hydrogen) atoms. The molecule has 1 aliphatic carbocycles. The zero-order valence-corrected chi connectivity index (χ0v) is 11.4. The van der Waals surface area contributed by atoms with Gasteiger partial charge in [0, 0.05) is 13.0 Å². The van der Waals surface area contributed by atoms with Gasteiger partial charge >= 0.3 is 5.97 Å². The van der Waals surface area contributed by atoms with E-state index in [0.717, 1.165) is 18.4 Å². The lowest BCUT2D eigenvalue weighted by atomic mass is 10.0. The highest BCUT2D eigenvalue weighted by Gasteiger charge is 2.22. The van der Waals surface area contributed by atoms with Gasteiger partial charge in [-0.2, -0.15) is 0 Å². The van der Waals surface area contributed by atoms with E-state index in [2.05, 4.69) is 5.32 Å². The number of carbonyl (C=O) groups is 2. The highest BCUT2D eigenvalue weighted by Crippen LogP contribution is 2.23. The molecule has 1 aliphatic rings. The van der Waals surface area contributed by atoms with Crippen LogP contribution in [-0.2, 0) is 33.6 Å². The average Bonchev–Trinajstić information content (AvgIpc) is 2.69. The number of benzene rings is 1. The van der Waals surface area contributed by atoms with E-state index >= 15 is 0 Å². The molecule has 0 aromatic heterocycles. The maximum Gasteiger partial charge on any atom is 0.310 e. The second-order valence-electron chi connectivity index (χ2n) is 4.89. The molecule has 1 atom stereocenters. The molecule has 2 rings (SSSR count). The van der Waals surface area contributed by atoms with Gasteiger partial charge in [0.2, 0.25) is 5.91 Å². The summed E-state index contributed by atoms with van der Waals surface area (Å²) in [6, 6.07) is 6.25. The van der Waals surface area contributed by atoms with Crippen molar-refractivity contribution in [1.82, 2.24) is 5.32 Å². The van der Waals surface area contributed by atoms with Crippen LogP contribution in [0.4, 0.5) is 0 Å². The van der Waals surface area contributed by atoms with Crippen molar-refractivity contribution in [1.29, 1.82) is 0 Å². The highest BCUT2D eigenvalue weighted by molar-refractivity contribution is 5.74. The molecule has 1 aromatic rings. The van der Waals surface area contributed by atoms with Gasteiger partial charge in [0.05, 0.1) is 13.0 Å². The van der Waals surface area contributed by atoms with Gasteiger partial charge in [-0.25, -0.2) is 0 Å². The van der Waals surface area contributed by atoms with E-state index in [4.69, 9.17) is 4.74 Å². The van der Waals surface area contributed by atoms with Gasteiger partial charge in [-0.3, -0.25) is 9.59 Å². The van der Waals surface area contributed by atoms with Gasteiger partial charge in [0.15, 0.2) is 0 Å². The molecular formula is C15H19NO3. The number of rotatable bonds is 4. The third kappa shape index (κ3) is 3.56. The van der Waals surface area contributed by atoms with Crippen LogP contribution in [0.2, 0.25) is 0 Å². The number of nitrogens with one attached hydrogen (secondary N) is 1. The molecule has 0 spiro atoms. The monoisotopic (exact) mass is 261 g/mol. The third-order valence-electron chi connectivity index (χ3n) is 3.26. The van der Waals surface area contributed by atoms with E-state index in [1.165, 1.54) is 18.1 Å². The normalized spacial score (nSPS) is 16.8. The molecule has 4 nitrogen and oxygen atoms in total. The van der Waals surface area contributed by atoms with Crippen molar-refractivity contribution in [2.24, 2.45) is 0 Å². The molecule has 1 N–H and O–H groups in total. The minimum Gasteiger partial charge on any atom is -0.466 e. The van der Waals surface area contributed by atoms with Crippen molar-refractivity contribution in [2.45, 2.75) is 39.2 Å². The third-order valence-corrected chi connectivity index (χ3v) is 3.26. The summed E-state index contributed by atoms with van der Waals surface area (Å²) in [5.74, 6) is -0.191. The second-order valence-corrected chi connectivity index (χ2v) is 4.89. The number of carbonyl (C=O) groups excluding carboxylic acids is 2. The van der Waals surface area contributed by atoms with Crippen LogP contribution in [0.25, 0.3) is 0 Å². The van der Waals surface area contributed by atoms with Gasteiger partial charge in [0.25, 0.3) is 0 Å². The first-order valence-corrected chi connectivity index (χ1v) is 6.62. The van der Waals surface area contributed by atoms with Crippen LogP contribution >= 0.6 is 0 Å². The molecule has 102 valence electrons. The molecule has 1 unspecified atom stereocenters. The summed E-state index contributed by atoms with van der Waals surface area (Å²) in [5, 5.41) is 2.94. The number of fused-ring (bicyclic) bond motifs is 1. The fourth-order valence-electron chi connectivity index (χ4n) is 2.55. The number of hydrogen-bond acceptors (Lipinski definition) is 3. The number of esters is 1. The van der Waals surface area contributed by atoms with Gasteiger partial charge in [-0.1, -0.05) is 18.2 Å². The first kappa shape index (κ1) is 13.6. The Balaban J connectivity index is 2.02. The Hall–Kier alpha value is -1.84. The Kier molecular flexibility index (Phi) is 4.20. The van der Waals surface area contributed by atoms with Crippen molar-refractivity contribution in [3.63, 3.8) is 0 Å².